The molecule has 1 aromatic carbocycles. The van der Waals surface area contributed by atoms with Crippen LogP contribution in [0.15, 0.2) is 28.5 Å². The molecule has 12 heteroatoms. The van der Waals surface area contributed by atoms with Gasteiger partial charge in [-0.2, -0.15) is 13.2 Å². The largest absolute Gasteiger partial charge is 0.434 e. The topological polar surface area (TPSA) is 76.1 Å². The van der Waals surface area contributed by atoms with Crippen molar-refractivity contribution in [1.29, 1.82) is 0 Å². The molecule has 0 spiro atoms. The summed E-state index contributed by atoms with van der Waals surface area (Å²) < 4.78 is 74.7. The predicted molar refractivity (Wildman–Crippen MR) is 88.4 cm³/mol. The molecule has 0 fully saturated rings. The molecule has 0 radical (unpaired) electrons. The number of nitrogens with zero attached hydrogens (tertiary/aromatic N) is 1. The summed E-state index contributed by atoms with van der Waals surface area (Å²) in [7, 11) is -4.52. The number of carbonyl (C=O) groups excluding carboxylic acids is 1. The Hall–Kier alpha value is -1.72. The Morgan fingerprint density at radius 3 is 2.38 bits per heavy atom. The van der Waals surface area contributed by atoms with E-state index in [2.05, 4.69) is 4.98 Å². The SMILES string of the molecule is CC(C)(C(=O)Nc1nc(C(F)(F)F)cs1)S(=O)(=O)c1ccc(Cl)cc1F. The second kappa shape index (κ2) is 6.78. The predicted octanol–water partition coefficient (Wildman–Crippen LogP) is 4.15. The van der Waals surface area contributed by atoms with Gasteiger partial charge in [0.25, 0.3) is 0 Å². The van der Waals surface area contributed by atoms with Gasteiger partial charge >= 0.3 is 6.18 Å². The van der Waals surface area contributed by atoms with Crippen molar-refractivity contribution in [2.75, 3.05) is 5.32 Å². The highest BCUT2D eigenvalue weighted by atomic mass is 35.5. The van der Waals surface area contributed by atoms with E-state index < -0.39 is 48.2 Å². The van der Waals surface area contributed by atoms with E-state index in [4.69, 9.17) is 11.6 Å². The van der Waals surface area contributed by atoms with Crippen LogP contribution >= 0.6 is 22.9 Å². The first kappa shape index (κ1) is 20.6. The molecule has 1 heterocycles. The number of anilines is 1. The molecule has 1 N–H and O–H groups in total. The Morgan fingerprint density at radius 1 is 1.27 bits per heavy atom. The Labute approximate surface area is 154 Å². The summed E-state index contributed by atoms with van der Waals surface area (Å²) >= 11 is 6.06. The Kier molecular flexibility index (Phi) is 5.37. The molecule has 0 aliphatic heterocycles. The van der Waals surface area contributed by atoms with E-state index in [0.29, 0.717) is 16.7 Å². The van der Waals surface area contributed by atoms with Crippen LogP contribution in [0.2, 0.25) is 5.02 Å². The maximum Gasteiger partial charge on any atom is 0.434 e. The summed E-state index contributed by atoms with van der Waals surface area (Å²) in [4.78, 5) is 14.8. The number of alkyl halides is 3. The maximum atomic E-state index is 14.0. The van der Waals surface area contributed by atoms with Crippen LogP contribution in [0.25, 0.3) is 0 Å². The van der Waals surface area contributed by atoms with E-state index in [0.717, 1.165) is 32.0 Å². The van der Waals surface area contributed by atoms with E-state index in [9.17, 15) is 30.8 Å². The Bertz CT molecular complexity index is 955. The smallest absolute Gasteiger partial charge is 0.301 e. The fraction of sp³-hybridized carbons (Fsp3) is 0.286. The highest BCUT2D eigenvalue weighted by Crippen LogP contribution is 2.33. The van der Waals surface area contributed by atoms with Gasteiger partial charge in [-0.05, 0) is 32.0 Å². The van der Waals surface area contributed by atoms with Gasteiger partial charge in [-0.3, -0.25) is 4.79 Å². The molecule has 26 heavy (non-hydrogen) atoms. The van der Waals surface area contributed by atoms with Crippen LogP contribution in [0.4, 0.5) is 22.7 Å². The third-order valence-electron chi connectivity index (χ3n) is 3.42. The lowest BCUT2D eigenvalue weighted by Gasteiger charge is -2.23. The van der Waals surface area contributed by atoms with E-state index in [1.54, 1.807) is 0 Å². The monoisotopic (exact) mass is 430 g/mol. The van der Waals surface area contributed by atoms with Gasteiger partial charge in [0, 0.05) is 10.4 Å². The van der Waals surface area contributed by atoms with Crippen molar-refractivity contribution in [3.63, 3.8) is 0 Å². The molecule has 0 aliphatic rings. The van der Waals surface area contributed by atoms with Crippen LogP contribution in [-0.2, 0) is 20.8 Å². The van der Waals surface area contributed by atoms with Gasteiger partial charge in [-0.15, -0.1) is 11.3 Å². The number of carbonyl (C=O) groups is 1. The summed E-state index contributed by atoms with van der Waals surface area (Å²) in [5.41, 5.74) is -1.22. The number of hydrogen-bond donors (Lipinski definition) is 1. The number of rotatable bonds is 4. The number of aromatic nitrogens is 1. The number of benzene rings is 1. The second-order valence-corrected chi connectivity index (χ2v) is 9.34. The third-order valence-corrected chi connectivity index (χ3v) is 6.85. The molecule has 0 saturated carbocycles. The van der Waals surface area contributed by atoms with Gasteiger partial charge in [0.05, 0.1) is 0 Å². The lowest BCUT2D eigenvalue weighted by molar-refractivity contribution is -0.140. The molecular weight excluding hydrogens is 420 g/mol. The number of thiazole rings is 1. The fourth-order valence-electron chi connectivity index (χ4n) is 1.80. The minimum absolute atomic E-state index is 0.0360. The lowest BCUT2D eigenvalue weighted by Crippen LogP contribution is -2.44. The minimum Gasteiger partial charge on any atom is -0.301 e. The minimum atomic E-state index is -4.70. The van der Waals surface area contributed by atoms with Gasteiger partial charge in [0.1, 0.15) is 15.5 Å². The van der Waals surface area contributed by atoms with Crippen LogP contribution in [0.3, 0.4) is 0 Å². The highest BCUT2D eigenvalue weighted by molar-refractivity contribution is 7.93. The van der Waals surface area contributed by atoms with Crippen LogP contribution in [0.5, 0.6) is 0 Å². The van der Waals surface area contributed by atoms with E-state index >= 15 is 0 Å². The highest BCUT2D eigenvalue weighted by Gasteiger charge is 2.44. The Morgan fingerprint density at radius 2 is 1.88 bits per heavy atom. The van der Waals surface area contributed by atoms with Crippen LogP contribution < -0.4 is 5.32 Å². The first-order valence-corrected chi connectivity index (χ1v) is 9.55. The first-order chi connectivity index (χ1) is 11.8. The molecule has 2 aromatic rings. The second-order valence-electron chi connectivity index (χ2n) is 5.58. The van der Waals surface area contributed by atoms with Gasteiger partial charge in [-0.1, -0.05) is 11.6 Å². The van der Waals surface area contributed by atoms with Crippen molar-refractivity contribution < 1.29 is 30.8 Å². The standard InChI is InChI=1S/C14H11ClF4N2O3S2/c1-13(2,26(23,24)9-4-3-7(15)5-8(9)16)11(22)21-12-20-10(6-25-12)14(17,18)19/h3-6H,1-2H3,(H,20,21,22). The normalized spacial score (nSPS) is 12.9. The van der Waals surface area contributed by atoms with Gasteiger partial charge in [0.2, 0.25) is 5.91 Å². The van der Waals surface area contributed by atoms with E-state index in [1.807, 2.05) is 5.32 Å². The van der Waals surface area contributed by atoms with Crippen molar-refractivity contribution in [3.05, 3.63) is 40.1 Å². The zero-order chi connectivity index (χ0) is 19.9. The van der Waals surface area contributed by atoms with Crippen LogP contribution in [0.1, 0.15) is 19.5 Å². The van der Waals surface area contributed by atoms with Gasteiger partial charge < -0.3 is 5.32 Å². The number of halogens is 5. The first-order valence-electron chi connectivity index (χ1n) is 6.80. The zero-order valence-electron chi connectivity index (χ0n) is 13.2. The van der Waals surface area contributed by atoms with E-state index in [1.165, 1.54) is 0 Å². The summed E-state index contributed by atoms with van der Waals surface area (Å²) in [6.45, 7) is 2.01. The summed E-state index contributed by atoms with van der Waals surface area (Å²) in [6, 6.07) is 2.83. The fourth-order valence-corrected chi connectivity index (χ4v) is 4.08. The molecule has 2 rings (SSSR count). The van der Waals surface area contributed by atoms with Crippen molar-refractivity contribution in [2.45, 2.75) is 29.7 Å². The summed E-state index contributed by atoms with van der Waals surface area (Å²) in [6.07, 6.45) is -4.70. The zero-order valence-corrected chi connectivity index (χ0v) is 15.6. The molecule has 142 valence electrons. The molecule has 0 bridgehead atoms. The average molecular weight is 431 g/mol. The molecule has 1 amide bonds. The van der Waals surface area contributed by atoms with Crippen LogP contribution in [-0.4, -0.2) is 24.1 Å². The average Bonchev–Trinajstić information content (AvgIpc) is 2.95. The maximum absolute atomic E-state index is 14.0. The van der Waals surface area contributed by atoms with Crippen LogP contribution in [0, 0.1) is 5.82 Å². The number of amides is 1. The summed E-state index contributed by atoms with van der Waals surface area (Å²) in [5.74, 6) is -2.30. The van der Waals surface area contributed by atoms with Crippen molar-refractivity contribution in [1.82, 2.24) is 4.98 Å². The third kappa shape index (κ3) is 3.84. The molecule has 0 aliphatic carbocycles. The quantitative estimate of drug-likeness (QED) is 0.739. The molecule has 0 saturated heterocycles. The van der Waals surface area contributed by atoms with E-state index in [-0.39, 0.29) is 5.02 Å². The molecule has 0 unspecified atom stereocenters. The van der Waals surface area contributed by atoms with Gasteiger partial charge in [0.15, 0.2) is 20.7 Å². The number of sulfone groups is 1. The van der Waals surface area contributed by atoms with Crippen molar-refractivity contribution >= 4 is 43.8 Å². The molecule has 1 aromatic heterocycles. The Balaban J connectivity index is 2.33. The van der Waals surface area contributed by atoms with Crippen molar-refractivity contribution in [3.8, 4) is 0 Å². The summed E-state index contributed by atoms with van der Waals surface area (Å²) in [5, 5.41) is 2.23. The lowest BCUT2D eigenvalue weighted by atomic mass is 10.2. The number of hydrogen-bond acceptors (Lipinski definition) is 5. The molecular formula is C14H11ClF4N2O3S2. The van der Waals surface area contributed by atoms with Crippen molar-refractivity contribution in [2.24, 2.45) is 0 Å². The molecule has 0 atom stereocenters. The number of nitrogens with one attached hydrogen (secondary N) is 1. The molecule has 5 nitrogen and oxygen atoms in total. The van der Waals surface area contributed by atoms with Gasteiger partial charge in [-0.25, -0.2) is 17.8 Å².